The lowest BCUT2D eigenvalue weighted by Crippen LogP contribution is -2.43. The molecule has 32 heavy (non-hydrogen) atoms. The van der Waals surface area contributed by atoms with E-state index in [-0.39, 0.29) is 17.0 Å². The molecule has 1 aliphatic heterocycles. The van der Waals surface area contributed by atoms with E-state index in [0.717, 1.165) is 36.3 Å². The molecule has 0 unspecified atom stereocenters. The first kappa shape index (κ1) is 23.0. The number of alkyl halides is 3. The summed E-state index contributed by atoms with van der Waals surface area (Å²) in [4.78, 5) is 39.4. The summed E-state index contributed by atoms with van der Waals surface area (Å²) >= 11 is 0. The van der Waals surface area contributed by atoms with Crippen molar-refractivity contribution in [2.45, 2.75) is 19.5 Å². The number of benzene rings is 2. The minimum atomic E-state index is -4.72. The van der Waals surface area contributed by atoms with Crippen molar-refractivity contribution in [1.29, 1.82) is 0 Å². The number of nitrogens with one attached hydrogen (secondary N) is 1. The predicted molar refractivity (Wildman–Crippen MR) is 107 cm³/mol. The van der Waals surface area contributed by atoms with Crippen LogP contribution in [0.25, 0.3) is 0 Å². The van der Waals surface area contributed by atoms with E-state index in [4.69, 9.17) is 4.74 Å². The maximum Gasteiger partial charge on any atom is 0.418 e. The van der Waals surface area contributed by atoms with E-state index in [1.165, 1.54) is 31.2 Å². The number of esters is 1. The van der Waals surface area contributed by atoms with Crippen LogP contribution in [0.2, 0.25) is 0 Å². The van der Waals surface area contributed by atoms with E-state index in [2.05, 4.69) is 5.32 Å². The van der Waals surface area contributed by atoms with E-state index in [1.807, 2.05) is 0 Å². The Morgan fingerprint density at radius 3 is 2.31 bits per heavy atom. The first-order chi connectivity index (χ1) is 15.0. The normalized spacial score (nSPS) is 16.8. The molecule has 0 spiro atoms. The summed E-state index contributed by atoms with van der Waals surface area (Å²) in [6.07, 6.45) is -5.22. The van der Waals surface area contributed by atoms with Gasteiger partial charge in [0.15, 0.2) is 0 Å². The molecule has 0 saturated heterocycles. The zero-order valence-electron chi connectivity index (χ0n) is 17.0. The van der Waals surface area contributed by atoms with Crippen molar-refractivity contribution in [2.24, 2.45) is 5.92 Å². The lowest BCUT2D eigenvalue weighted by Gasteiger charge is -2.33. The molecule has 6 nitrogen and oxygen atoms in total. The fraction of sp³-hybridized carbons (Fsp3) is 0.227. The fourth-order valence-corrected chi connectivity index (χ4v) is 3.54. The van der Waals surface area contributed by atoms with Gasteiger partial charge >= 0.3 is 12.1 Å². The maximum absolute atomic E-state index is 13.3. The van der Waals surface area contributed by atoms with Crippen LogP contribution in [0.1, 0.15) is 18.9 Å². The Balaban J connectivity index is 2.01. The molecule has 2 amide bonds. The molecular weight excluding hydrogens is 432 g/mol. The van der Waals surface area contributed by atoms with Crippen molar-refractivity contribution >= 4 is 29.2 Å². The van der Waals surface area contributed by atoms with Gasteiger partial charge in [0.2, 0.25) is 11.8 Å². The molecule has 1 atom stereocenters. The van der Waals surface area contributed by atoms with Crippen LogP contribution in [0.3, 0.4) is 0 Å². The van der Waals surface area contributed by atoms with Gasteiger partial charge in [0.1, 0.15) is 5.82 Å². The third kappa shape index (κ3) is 4.48. The van der Waals surface area contributed by atoms with Crippen molar-refractivity contribution in [3.05, 3.63) is 71.2 Å². The Kier molecular flexibility index (Phi) is 6.33. The van der Waals surface area contributed by atoms with Gasteiger partial charge in [-0.2, -0.15) is 13.2 Å². The third-order valence-electron chi connectivity index (χ3n) is 5.00. The molecule has 2 aromatic carbocycles. The van der Waals surface area contributed by atoms with Crippen LogP contribution in [0.15, 0.2) is 59.8 Å². The predicted octanol–water partition coefficient (Wildman–Crippen LogP) is 4.28. The number of anilines is 2. The lowest BCUT2D eigenvalue weighted by molar-refractivity contribution is -0.139. The number of para-hydroxylation sites is 1. The summed E-state index contributed by atoms with van der Waals surface area (Å²) in [5, 5.41) is 2.18. The molecule has 0 saturated carbocycles. The Morgan fingerprint density at radius 2 is 1.72 bits per heavy atom. The summed E-state index contributed by atoms with van der Waals surface area (Å²) < 4.78 is 57.8. The highest BCUT2D eigenvalue weighted by Gasteiger charge is 2.41. The number of nitrogens with zero attached hydrogens (tertiary/aromatic N) is 1. The first-order valence-electron chi connectivity index (χ1n) is 9.39. The maximum atomic E-state index is 13.3. The minimum Gasteiger partial charge on any atom is -0.466 e. The van der Waals surface area contributed by atoms with Gasteiger partial charge in [0.05, 0.1) is 29.9 Å². The average Bonchev–Trinajstić information content (AvgIpc) is 2.73. The second-order valence-corrected chi connectivity index (χ2v) is 6.99. The zero-order chi connectivity index (χ0) is 23.6. The molecule has 1 N–H and O–H groups in total. The van der Waals surface area contributed by atoms with Gasteiger partial charge in [-0.05, 0) is 43.3 Å². The molecule has 0 aromatic heterocycles. The largest absolute Gasteiger partial charge is 0.466 e. The summed E-state index contributed by atoms with van der Waals surface area (Å²) in [5.41, 5.74) is -1.43. The highest BCUT2D eigenvalue weighted by Crippen LogP contribution is 2.37. The second-order valence-electron chi connectivity index (χ2n) is 6.99. The topological polar surface area (TPSA) is 75.7 Å². The second kappa shape index (κ2) is 8.81. The van der Waals surface area contributed by atoms with Gasteiger partial charge in [0, 0.05) is 17.8 Å². The zero-order valence-corrected chi connectivity index (χ0v) is 17.0. The first-order valence-corrected chi connectivity index (χ1v) is 9.39. The van der Waals surface area contributed by atoms with Crippen LogP contribution in [0.5, 0.6) is 0 Å². The number of carbonyl (C=O) groups is 3. The van der Waals surface area contributed by atoms with Crippen molar-refractivity contribution in [3.63, 3.8) is 0 Å². The SMILES string of the molecule is COC(=O)C1=C(C)N(c2ccc(F)cc2)C(=O)C[C@@H]1C(=O)Nc1ccccc1C(F)(F)F. The Bertz CT molecular complexity index is 1090. The van der Waals surface area contributed by atoms with Gasteiger partial charge < -0.3 is 10.1 Å². The van der Waals surface area contributed by atoms with Crippen LogP contribution in [-0.4, -0.2) is 24.9 Å². The smallest absolute Gasteiger partial charge is 0.418 e. The van der Waals surface area contributed by atoms with Crippen LogP contribution in [0.4, 0.5) is 28.9 Å². The quantitative estimate of drug-likeness (QED) is 0.557. The van der Waals surface area contributed by atoms with E-state index < -0.39 is 53.4 Å². The molecule has 0 aliphatic carbocycles. The fourth-order valence-electron chi connectivity index (χ4n) is 3.54. The van der Waals surface area contributed by atoms with Crippen molar-refractivity contribution < 1.29 is 36.7 Å². The Hall–Kier alpha value is -3.69. The minimum absolute atomic E-state index is 0.0592. The van der Waals surface area contributed by atoms with Crippen LogP contribution >= 0.6 is 0 Å². The van der Waals surface area contributed by atoms with E-state index >= 15 is 0 Å². The summed E-state index contributed by atoms with van der Waals surface area (Å²) in [7, 11) is 1.08. The van der Waals surface area contributed by atoms with Crippen LogP contribution in [-0.2, 0) is 25.3 Å². The molecule has 0 fully saturated rings. The van der Waals surface area contributed by atoms with Crippen molar-refractivity contribution in [1.82, 2.24) is 0 Å². The van der Waals surface area contributed by atoms with Crippen LogP contribution in [0, 0.1) is 11.7 Å². The molecule has 1 heterocycles. The standard InChI is InChI=1S/C22H18F4N2O4/c1-12-19(21(31)32-2)15(11-18(29)28(12)14-9-7-13(23)8-10-14)20(30)27-17-6-4-3-5-16(17)22(24,25)26/h3-10,15H,11H2,1-2H3,(H,27,30)/t15-/m0/s1. The lowest BCUT2D eigenvalue weighted by atomic mass is 9.88. The highest BCUT2D eigenvalue weighted by atomic mass is 19.4. The number of hydrogen-bond acceptors (Lipinski definition) is 4. The van der Waals surface area contributed by atoms with Crippen molar-refractivity contribution in [2.75, 3.05) is 17.3 Å². The summed E-state index contributed by atoms with van der Waals surface area (Å²) in [5.74, 6) is -4.38. The number of carbonyl (C=O) groups excluding carboxylic acids is 3. The monoisotopic (exact) mass is 450 g/mol. The number of methoxy groups -OCH3 is 1. The van der Waals surface area contributed by atoms with E-state index in [1.54, 1.807) is 0 Å². The Morgan fingerprint density at radius 1 is 1.09 bits per heavy atom. The Labute approximate surface area is 180 Å². The van der Waals surface area contributed by atoms with E-state index in [9.17, 15) is 31.9 Å². The van der Waals surface area contributed by atoms with Gasteiger partial charge in [0.25, 0.3) is 0 Å². The van der Waals surface area contributed by atoms with Crippen LogP contribution < -0.4 is 10.2 Å². The molecule has 0 bridgehead atoms. The van der Waals surface area contributed by atoms with Gasteiger partial charge in [-0.1, -0.05) is 12.1 Å². The third-order valence-corrected chi connectivity index (χ3v) is 5.00. The number of amides is 2. The van der Waals surface area contributed by atoms with Gasteiger partial charge in [-0.25, -0.2) is 9.18 Å². The molecule has 168 valence electrons. The summed E-state index contributed by atoms with van der Waals surface area (Å²) in [6.45, 7) is 1.40. The molecule has 2 aromatic rings. The number of hydrogen-bond donors (Lipinski definition) is 1. The molecule has 3 rings (SSSR count). The molecule has 10 heteroatoms. The highest BCUT2D eigenvalue weighted by molar-refractivity contribution is 6.10. The number of allylic oxidation sites excluding steroid dienone is 1. The molecule has 0 radical (unpaired) electrons. The van der Waals surface area contributed by atoms with Gasteiger partial charge in [-0.15, -0.1) is 0 Å². The molecular formula is C22H18F4N2O4. The van der Waals surface area contributed by atoms with Gasteiger partial charge in [-0.3, -0.25) is 14.5 Å². The summed E-state index contributed by atoms with van der Waals surface area (Å²) in [6, 6.07) is 9.27. The van der Waals surface area contributed by atoms with Crippen molar-refractivity contribution in [3.8, 4) is 0 Å². The average molecular weight is 450 g/mol. The molecule has 1 aliphatic rings. The number of rotatable bonds is 4. The number of halogens is 4. The number of ether oxygens (including phenoxy) is 1. The van der Waals surface area contributed by atoms with E-state index in [0.29, 0.717) is 0 Å².